The van der Waals surface area contributed by atoms with Gasteiger partial charge >= 0.3 is 5.97 Å². The van der Waals surface area contributed by atoms with Crippen molar-refractivity contribution in [2.75, 3.05) is 5.32 Å². The fourth-order valence-electron chi connectivity index (χ4n) is 1.86. The van der Waals surface area contributed by atoms with Crippen LogP contribution in [0.15, 0.2) is 42.5 Å². The number of non-ortho nitro benzene ring substituents is 1. The number of rotatable bonds is 4. The zero-order valence-electron chi connectivity index (χ0n) is 11.6. The summed E-state index contributed by atoms with van der Waals surface area (Å²) in [4.78, 5) is 33.3. The number of carboxylic acids is 1. The molecule has 112 valence electrons. The molecule has 7 heteroatoms. The molecule has 7 nitrogen and oxygen atoms in total. The van der Waals surface area contributed by atoms with Crippen molar-refractivity contribution in [3.63, 3.8) is 0 Å². The summed E-state index contributed by atoms with van der Waals surface area (Å²) in [5, 5.41) is 22.4. The van der Waals surface area contributed by atoms with Gasteiger partial charge in [-0.05, 0) is 25.1 Å². The molecule has 0 atom stereocenters. The van der Waals surface area contributed by atoms with Crippen molar-refractivity contribution >= 4 is 23.3 Å². The van der Waals surface area contributed by atoms with Crippen LogP contribution >= 0.6 is 0 Å². The third kappa shape index (κ3) is 3.26. The van der Waals surface area contributed by atoms with Gasteiger partial charge in [-0.3, -0.25) is 14.9 Å². The fourth-order valence-corrected chi connectivity index (χ4v) is 1.86. The summed E-state index contributed by atoms with van der Waals surface area (Å²) < 4.78 is 0. The van der Waals surface area contributed by atoms with E-state index in [9.17, 15) is 19.7 Å². The second-order valence-corrected chi connectivity index (χ2v) is 4.61. The number of carbonyl (C=O) groups excluding carboxylic acids is 1. The molecule has 0 aliphatic carbocycles. The number of benzene rings is 2. The van der Waals surface area contributed by atoms with Gasteiger partial charge in [-0.15, -0.1) is 0 Å². The van der Waals surface area contributed by atoms with E-state index in [0.717, 1.165) is 23.8 Å². The Morgan fingerprint density at radius 3 is 2.27 bits per heavy atom. The first kappa shape index (κ1) is 15.2. The third-order valence-corrected chi connectivity index (χ3v) is 3.00. The van der Waals surface area contributed by atoms with E-state index in [1.807, 2.05) is 6.92 Å². The number of carboxylic acid groups (broad SMARTS) is 1. The molecule has 0 radical (unpaired) electrons. The van der Waals surface area contributed by atoms with E-state index in [-0.39, 0.29) is 11.3 Å². The normalized spacial score (nSPS) is 10.0. The molecular weight excluding hydrogens is 288 g/mol. The summed E-state index contributed by atoms with van der Waals surface area (Å²) in [6.07, 6.45) is 0. The third-order valence-electron chi connectivity index (χ3n) is 3.00. The number of nitro groups is 1. The monoisotopic (exact) mass is 300 g/mol. The maximum absolute atomic E-state index is 12.2. The van der Waals surface area contributed by atoms with Crippen LogP contribution in [0, 0.1) is 17.0 Å². The van der Waals surface area contributed by atoms with Crippen LogP contribution < -0.4 is 5.32 Å². The van der Waals surface area contributed by atoms with Gasteiger partial charge in [0.15, 0.2) is 0 Å². The maximum atomic E-state index is 12.2. The minimum atomic E-state index is -1.40. The number of nitrogens with one attached hydrogen (secondary N) is 1. The highest BCUT2D eigenvalue weighted by atomic mass is 16.6. The molecule has 2 rings (SSSR count). The Morgan fingerprint density at radius 1 is 1.09 bits per heavy atom. The quantitative estimate of drug-likeness (QED) is 0.666. The average molecular weight is 300 g/mol. The van der Waals surface area contributed by atoms with Gasteiger partial charge in [-0.2, -0.15) is 0 Å². The lowest BCUT2D eigenvalue weighted by Crippen LogP contribution is -2.16. The Labute approximate surface area is 125 Å². The van der Waals surface area contributed by atoms with Crippen molar-refractivity contribution in [1.29, 1.82) is 0 Å². The summed E-state index contributed by atoms with van der Waals surface area (Å²) in [6, 6.07) is 10.0. The van der Waals surface area contributed by atoms with E-state index in [0.29, 0.717) is 5.69 Å². The summed E-state index contributed by atoms with van der Waals surface area (Å²) in [5.74, 6) is -2.05. The second-order valence-electron chi connectivity index (χ2n) is 4.61. The zero-order valence-corrected chi connectivity index (χ0v) is 11.6. The average Bonchev–Trinajstić information content (AvgIpc) is 2.48. The first-order valence-electron chi connectivity index (χ1n) is 6.28. The molecule has 0 saturated heterocycles. The molecule has 2 N–H and O–H groups in total. The van der Waals surface area contributed by atoms with Crippen LogP contribution in [0.5, 0.6) is 0 Å². The fraction of sp³-hybridized carbons (Fsp3) is 0.0667. The smallest absolute Gasteiger partial charge is 0.336 e. The number of carbonyl (C=O) groups is 2. The molecule has 0 aliphatic rings. The number of hydrogen-bond acceptors (Lipinski definition) is 4. The number of amides is 1. The molecule has 0 saturated carbocycles. The van der Waals surface area contributed by atoms with Crippen molar-refractivity contribution in [3.05, 3.63) is 69.3 Å². The highest BCUT2D eigenvalue weighted by Gasteiger charge is 2.20. The zero-order chi connectivity index (χ0) is 16.3. The van der Waals surface area contributed by atoms with E-state index < -0.39 is 22.4 Å². The van der Waals surface area contributed by atoms with Gasteiger partial charge in [0.05, 0.1) is 16.1 Å². The number of nitro benzene ring substituents is 1. The van der Waals surface area contributed by atoms with Gasteiger partial charge in [0.25, 0.3) is 11.6 Å². The van der Waals surface area contributed by atoms with E-state index in [2.05, 4.69) is 5.32 Å². The summed E-state index contributed by atoms with van der Waals surface area (Å²) in [7, 11) is 0. The number of aryl methyl sites for hydroxylation is 1. The predicted octanol–water partition coefficient (Wildman–Crippen LogP) is 2.85. The topological polar surface area (TPSA) is 110 Å². The number of aromatic carboxylic acids is 1. The van der Waals surface area contributed by atoms with Crippen LogP contribution in [-0.4, -0.2) is 21.9 Å². The number of nitrogens with zero attached hydrogens (tertiary/aromatic N) is 1. The van der Waals surface area contributed by atoms with Crippen molar-refractivity contribution < 1.29 is 19.6 Å². The van der Waals surface area contributed by atoms with Crippen LogP contribution in [0.3, 0.4) is 0 Å². The highest BCUT2D eigenvalue weighted by Crippen LogP contribution is 2.19. The number of anilines is 1. The molecule has 0 unspecified atom stereocenters. The first-order valence-corrected chi connectivity index (χ1v) is 6.28. The molecular formula is C15H12N2O5. The standard InChI is InChI=1S/C15H12N2O5/c1-9-2-4-10(5-3-9)16-14(18)12-7-6-11(17(21)22)8-13(12)15(19)20/h2-8H,1H3,(H,16,18)(H,19,20). The molecule has 0 aliphatic heterocycles. The first-order chi connectivity index (χ1) is 10.4. The van der Waals surface area contributed by atoms with E-state index in [1.165, 1.54) is 0 Å². The van der Waals surface area contributed by atoms with Gasteiger partial charge in [0.2, 0.25) is 0 Å². The summed E-state index contributed by atoms with van der Waals surface area (Å²) >= 11 is 0. The number of hydrogen-bond donors (Lipinski definition) is 2. The highest BCUT2D eigenvalue weighted by molar-refractivity contribution is 6.11. The Bertz CT molecular complexity index is 753. The second kappa shape index (κ2) is 6.04. The molecule has 0 spiro atoms. The van der Waals surface area contributed by atoms with Crippen LogP contribution in [0.4, 0.5) is 11.4 Å². The molecule has 2 aromatic rings. The lowest BCUT2D eigenvalue weighted by atomic mass is 10.1. The largest absolute Gasteiger partial charge is 0.478 e. The van der Waals surface area contributed by atoms with Crippen molar-refractivity contribution in [2.24, 2.45) is 0 Å². The Balaban J connectivity index is 2.34. The van der Waals surface area contributed by atoms with E-state index in [1.54, 1.807) is 24.3 Å². The molecule has 22 heavy (non-hydrogen) atoms. The molecule has 1 amide bonds. The van der Waals surface area contributed by atoms with Crippen molar-refractivity contribution in [3.8, 4) is 0 Å². The molecule has 2 aromatic carbocycles. The van der Waals surface area contributed by atoms with Gasteiger partial charge < -0.3 is 10.4 Å². The molecule has 0 aromatic heterocycles. The van der Waals surface area contributed by atoms with E-state index >= 15 is 0 Å². The van der Waals surface area contributed by atoms with Crippen LogP contribution in [0.2, 0.25) is 0 Å². The van der Waals surface area contributed by atoms with Gasteiger partial charge in [-0.25, -0.2) is 4.79 Å². The Hall–Kier alpha value is -3.22. The lowest BCUT2D eigenvalue weighted by Gasteiger charge is -2.08. The van der Waals surface area contributed by atoms with Crippen molar-refractivity contribution in [1.82, 2.24) is 0 Å². The van der Waals surface area contributed by atoms with Gasteiger partial charge in [-0.1, -0.05) is 17.7 Å². The SMILES string of the molecule is Cc1ccc(NC(=O)c2ccc([N+](=O)[O-])cc2C(=O)O)cc1. The Morgan fingerprint density at radius 2 is 1.73 bits per heavy atom. The molecule has 0 bridgehead atoms. The Kier molecular flexibility index (Phi) is 4.17. The van der Waals surface area contributed by atoms with Crippen LogP contribution in [0.1, 0.15) is 26.3 Å². The summed E-state index contributed by atoms with van der Waals surface area (Å²) in [5.41, 5.74) is 0.576. The minimum absolute atomic E-state index is 0.140. The maximum Gasteiger partial charge on any atom is 0.336 e. The minimum Gasteiger partial charge on any atom is -0.478 e. The van der Waals surface area contributed by atoms with Crippen molar-refractivity contribution in [2.45, 2.75) is 6.92 Å². The predicted molar refractivity (Wildman–Crippen MR) is 79.2 cm³/mol. The van der Waals surface area contributed by atoms with E-state index in [4.69, 9.17) is 5.11 Å². The van der Waals surface area contributed by atoms with Crippen LogP contribution in [0.25, 0.3) is 0 Å². The molecule has 0 fully saturated rings. The summed E-state index contributed by atoms with van der Waals surface area (Å²) in [6.45, 7) is 1.89. The lowest BCUT2D eigenvalue weighted by molar-refractivity contribution is -0.384. The molecule has 0 heterocycles. The van der Waals surface area contributed by atoms with Gasteiger partial charge in [0, 0.05) is 17.8 Å². The van der Waals surface area contributed by atoms with Crippen LogP contribution in [-0.2, 0) is 0 Å². The van der Waals surface area contributed by atoms with Gasteiger partial charge in [0.1, 0.15) is 0 Å².